The maximum Gasteiger partial charge on any atom is 0.155 e. The smallest absolute Gasteiger partial charge is 0.155 e. The number of hydrogen-bond donors (Lipinski definition) is 0. The lowest BCUT2D eigenvalue weighted by atomic mass is 10.2. The summed E-state index contributed by atoms with van der Waals surface area (Å²) >= 11 is 9.58. The molecule has 0 aliphatic rings. The first-order chi connectivity index (χ1) is 8.24. The summed E-state index contributed by atoms with van der Waals surface area (Å²) in [5.74, 6) is 0. The molecule has 3 nitrogen and oxygen atoms in total. The first-order valence-electron chi connectivity index (χ1n) is 4.98. The second-order valence-corrected chi connectivity index (χ2v) is 4.91. The van der Waals surface area contributed by atoms with Crippen LogP contribution in [0.3, 0.4) is 0 Å². The molecule has 0 unspecified atom stereocenters. The minimum Gasteiger partial charge on any atom is -0.304 e. The van der Waals surface area contributed by atoms with Crippen molar-refractivity contribution in [3.8, 4) is 11.3 Å². The van der Waals surface area contributed by atoms with Crippen molar-refractivity contribution >= 4 is 33.2 Å². The number of halogens is 2. The van der Waals surface area contributed by atoms with Crippen LogP contribution < -0.4 is 0 Å². The summed E-state index contributed by atoms with van der Waals surface area (Å²) in [6.07, 6.45) is 7.24. The van der Waals surface area contributed by atoms with Gasteiger partial charge in [0.2, 0.25) is 0 Å². The highest BCUT2D eigenvalue weighted by molar-refractivity contribution is 9.10. The molecule has 0 fully saturated rings. The minimum atomic E-state index is 0.677. The molecule has 0 aliphatic heterocycles. The van der Waals surface area contributed by atoms with E-state index in [0.717, 1.165) is 21.4 Å². The molecule has 0 bridgehead atoms. The van der Waals surface area contributed by atoms with E-state index in [0.29, 0.717) is 5.02 Å². The predicted octanol–water partition coefficient (Wildman–Crippen LogP) is 3.81. The van der Waals surface area contributed by atoms with Gasteiger partial charge in [0.25, 0.3) is 0 Å². The Morgan fingerprint density at radius 1 is 1.29 bits per heavy atom. The number of imidazole rings is 1. The Kier molecular flexibility index (Phi) is 2.61. The van der Waals surface area contributed by atoms with Gasteiger partial charge in [0.1, 0.15) is 0 Å². The molecule has 0 aliphatic carbocycles. The molecule has 0 amide bonds. The zero-order valence-corrected chi connectivity index (χ0v) is 11.0. The van der Waals surface area contributed by atoms with Gasteiger partial charge in [-0.05, 0) is 12.1 Å². The average Bonchev–Trinajstić information content (AvgIpc) is 2.72. The lowest BCUT2D eigenvalue weighted by Crippen LogP contribution is -1.81. The van der Waals surface area contributed by atoms with Gasteiger partial charge < -0.3 is 4.40 Å². The molecule has 2 aromatic heterocycles. The number of fused-ring (bicyclic) bond motifs is 1. The lowest BCUT2D eigenvalue weighted by molar-refractivity contribution is 1.13. The number of rotatable bonds is 1. The van der Waals surface area contributed by atoms with Gasteiger partial charge in [0.15, 0.2) is 5.65 Å². The first kappa shape index (κ1) is 10.7. The molecular weight excluding hydrogens is 302 g/mol. The van der Waals surface area contributed by atoms with Gasteiger partial charge in [-0.3, -0.25) is 4.98 Å². The Morgan fingerprint density at radius 3 is 2.94 bits per heavy atom. The molecule has 0 spiro atoms. The molecule has 0 atom stereocenters. The molecule has 2 heterocycles. The van der Waals surface area contributed by atoms with Gasteiger partial charge in [-0.15, -0.1) is 0 Å². The van der Waals surface area contributed by atoms with E-state index in [4.69, 9.17) is 11.6 Å². The van der Waals surface area contributed by atoms with Gasteiger partial charge in [0.05, 0.1) is 16.9 Å². The normalized spacial score (nSPS) is 10.9. The van der Waals surface area contributed by atoms with E-state index in [2.05, 4.69) is 25.9 Å². The molecule has 0 saturated heterocycles. The quantitative estimate of drug-likeness (QED) is 0.684. The molecule has 3 rings (SSSR count). The van der Waals surface area contributed by atoms with E-state index < -0.39 is 0 Å². The monoisotopic (exact) mass is 307 g/mol. The van der Waals surface area contributed by atoms with Crippen LogP contribution in [-0.2, 0) is 0 Å². The zero-order valence-electron chi connectivity index (χ0n) is 8.64. The molecule has 1 aromatic carbocycles. The number of nitrogens with zero attached hydrogens (tertiary/aromatic N) is 3. The average molecular weight is 309 g/mol. The number of benzene rings is 1. The Morgan fingerprint density at radius 2 is 2.18 bits per heavy atom. The summed E-state index contributed by atoms with van der Waals surface area (Å²) in [6.45, 7) is 0. The van der Waals surface area contributed by atoms with E-state index in [9.17, 15) is 0 Å². The van der Waals surface area contributed by atoms with Gasteiger partial charge in [-0.1, -0.05) is 33.6 Å². The Hall–Kier alpha value is -1.39. The summed E-state index contributed by atoms with van der Waals surface area (Å²) in [6, 6.07) is 5.75. The fraction of sp³-hybridized carbons (Fsp3) is 0. The topological polar surface area (TPSA) is 30.2 Å². The highest BCUT2D eigenvalue weighted by Gasteiger charge is 2.08. The van der Waals surface area contributed by atoms with E-state index in [1.165, 1.54) is 0 Å². The molecule has 3 aromatic rings. The van der Waals surface area contributed by atoms with Crippen LogP contribution in [-0.4, -0.2) is 14.4 Å². The maximum absolute atomic E-state index is 6.20. The van der Waals surface area contributed by atoms with Crippen LogP contribution in [0.15, 0.2) is 47.5 Å². The minimum absolute atomic E-state index is 0.677. The Bertz CT molecular complexity index is 660. The van der Waals surface area contributed by atoms with E-state index >= 15 is 0 Å². The summed E-state index contributed by atoms with van der Waals surface area (Å²) in [5.41, 5.74) is 2.57. The van der Waals surface area contributed by atoms with Crippen molar-refractivity contribution in [3.63, 3.8) is 0 Å². The van der Waals surface area contributed by atoms with Crippen LogP contribution in [0.2, 0.25) is 5.02 Å². The van der Waals surface area contributed by atoms with Crippen molar-refractivity contribution in [1.29, 1.82) is 0 Å². The first-order valence-corrected chi connectivity index (χ1v) is 6.15. The van der Waals surface area contributed by atoms with Gasteiger partial charge in [-0.25, -0.2) is 4.98 Å². The third-order valence-electron chi connectivity index (χ3n) is 2.47. The second kappa shape index (κ2) is 4.13. The second-order valence-electron chi connectivity index (χ2n) is 3.59. The fourth-order valence-corrected chi connectivity index (χ4v) is 2.44. The van der Waals surface area contributed by atoms with Crippen LogP contribution in [0.5, 0.6) is 0 Å². The van der Waals surface area contributed by atoms with Crippen molar-refractivity contribution in [3.05, 3.63) is 52.5 Å². The maximum atomic E-state index is 6.20. The summed E-state index contributed by atoms with van der Waals surface area (Å²) in [5, 5.41) is 0.677. The van der Waals surface area contributed by atoms with Crippen molar-refractivity contribution in [2.75, 3.05) is 0 Å². The van der Waals surface area contributed by atoms with E-state index in [-0.39, 0.29) is 0 Å². The van der Waals surface area contributed by atoms with Gasteiger partial charge in [-0.2, -0.15) is 0 Å². The van der Waals surface area contributed by atoms with Gasteiger partial charge >= 0.3 is 0 Å². The molecule has 0 radical (unpaired) electrons. The molecule has 5 heteroatoms. The molecule has 84 valence electrons. The van der Waals surface area contributed by atoms with E-state index in [1.807, 2.05) is 35.0 Å². The van der Waals surface area contributed by atoms with Crippen LogP contribution >= 0.6 is 27.5 Å². The molecule has 17 heavy (non-hydrogen) atoms. The summed E-state index contributed by atoms with van der Waals surface area (Å²) in [7, 11) is 0. The zero-order chi connectivity index (χ0) is 11.8. The SMILES string of the molecule is Clc1cc(Br)ccc1-c1cn2ccncc2n1. The van der Waals surface area contributed by atoms with Crippen LogP contribution in [0.1, 0.15) is 0 Å². The highest BCUT2D eigenvalue weighted by Crippen LogP contribution is 2.29. The van der Waals surface area contributed by atoms with Crippen molar-refractivity contribution < 1.29 is 0 Å². The van der Waals surface area contributed by atoms with Gasteiger partial charge in [0, 0.05) is 28.6 Å². The molecular formula is C12H7BrClN3. The van der Waals surface area contributed by atoms with Crippen LogP contribution in [0.25, 0.3) is 16.9 Å². The lowest BCUT2D eigenvalue weighted by Gasteiger charge is -2.00. The Balaban J connectivity index is 2.20. The van der Waals surface area contributed by atoms with Crippen LogP contribution in [0, 0.1) is 0 Å². The molecule has 0 saturated carbocycles. The summed E-state index contributed by atoms with van der Waals surface area (Å²) in [4.78, 5) is 8.51. The standard InChI is InChI=1S/C12H7BrClN3/c13-8-1-2-9(10(14)5-8)11-7-17-4-3-15-6-12(17)16-11/h1-7H. The third-order valence-corrected chi connectivity index (χ3v) is 3.28. The van der Waals surface area contributed by atoms with Crippen molar-refractivity contribution in [2.24, 2.45) is 0 Å². The number of aromatic nitrogens is 3. The van der Waals surface area contributed by atoms with Crippen molar-refractivity contribution in [2.45, 2.75) is 0 Å². The van der Waals surface area contributed by atoms with Crippen molar-refractivity contribution in [1.82, 2.24) is 14.4 Å². The molecule has 0 N–H and O–H groups in total. The highest BCUT2D eigenvalue weighted by atomic mass is 79.9. The summed E-state index contributed by atoms with van der Waals surface area (Å²) < 4.78 is 2.87. The Labute approximate surface area is 111 Å². The number of hydrogen-bond acceptors (Lipinski definition) is 2. The van der Waals surface area contributed by atoms with E-state index in [1.54, 1.807) is 12.4 Å². The third kappa shape index (κ3) is 1.94. The fourth-order valence-electron chi connectivity index (χ4n) is 1.67. The predicted molar refractivity (Wildman–Crippen MR) is 71.1 cm³/mol. The largest absolute Gasteiger partial charge is 0.304 e. The van der Waals surface area contributed by atoms with Crippen LogP contribution in [0.4, 0.5) is 0 Å².